The minimum atomic E-state index is -0.480. The lowest BCUT2D eigenvalue weighted by molar-refractivity contribution is 0.0805. The van der Waals surface area contributed by atoms with Gasteiger partial charge in [-0.05, 0) is 18.8 Å². The maximum atomic E-state index is 9.14. The lowest BCUT2D eigenvalue weighted by Gasteiger charge is -2.22. The Morgan fingerprint density at radius 1 is 1.17 bits per heavy atom. The first-order valence-corrected chi connectivity index (χ1v) is 5.12. The largest absolute Gasteiger partial charge is 0.394 e. The molecule has 12 heavy (non-hydrogen) atoms. The second-order valence-corrected chi connectivity index (χ2v) is 3.92. The van der Waals surface area contributed by atoms with E-state index in [0.29, 0.717) is 0 Å². The van der Waals surface area contributed by atoms with Gasteiger partial charge in [0.15, 0.2) is 0 Å². The van der Waals surface area contributed by atoms with E-state index in [1.807, 2.05) is 0 Å². The standard InChI is InChI=1S/C10H20O2/c11-8-10(12)7-6-9-4-2-1-3-5-9/h9-12H,1-8H2. The van der Waals surface area contributed by atoms with Crippen LogP contribution in [0.4, 0.5) is 0 Å². The molecular weight excluding hydrogens is 152 g/mol. The molecule has 1 aliphatic rings. The molecule has 0 amide bonds. The number of aliphatic hydroxyl groups excluding tert-OH is 2. The number of aliphatic hydroxyl groups is 2. The van der Waals surface area contributed by atoms with E-state index in [0.717, 1.165) is 18.8 Å². The van der Waals surface area contributed by atoms with E-state index >= 15 is 0 Å². The van der Waals surface area contributed by atoms with E-state index in [9.17, 15) is 0 Å². The summed E-state index contributed by atoms with van der Waals surface area (Å²) >= 11 is 0. The highest BCUT2D eigenvalue weighted by Crippen LogP contribution is 2.27. The summed E-state index contributed by atoms with van der Waals surface area (Å²) in [4.78, 5) is 0. The number of rotatable bonds is 4. The van der Waals surface area contributed by atoms with Crippen molar-refractivity contribution in [3.05, 3.63) is 0 Å². The Bertz CT molecular complexity index is 108. The highest BCUT2D eigenvalue weighted by molar-refractivity contribution is 4.67. The molecular formula is C10H20O2. The highest BCUT2D eigenvalue weighted by Gasteiger charge is 2.14. The summed E-state index contributed by atoms with van der Waals surface area (Å²) in [5.41, 5.74) is 0. The second-order valence-electron chi connectivity index (χ2n) is 3.92. The zero-order valence-electron chi connectivity index (χ0n) is 7.71. The number of hydrogen-bond acceptors (Lipinski definition) is 2. The smallest absolute Gasteiger partial charge is 0.0771 e. The molecule has 1 aliphatic carbocycles. The molecule has 0 aliphatic heterocycles. The molecule has 0 bridgehead atoms. The van der Waals surface area contributed by atoms with E-state index in [1.54, 1.807) is 0 Å². The van der Waals surface area contributed by atoms with E-state index in [-0.39, 0.29) is 6.61 Å². The van der Waals surface area contributed by atoms with E-state index in [2.05, 4.69) is 0 Å². The monoisotopic (exact) mass is 172 g/mol. The van der Waals surface area contributed by atoms with Crippen molar-refractivity contribution in [1.82, 2.24) is 0 Å². The Kier molecular flexibility index (Phi) is 4.62. The van der Waals surface area contributed by atoms with Crippen molar-refractivity contribution < 1.29 is 10.2 Å². The van der Waals surface area contributed by atoms with Crippen molar-refractivity contribution in [3.8, 4) is 0 Å². The summed E-state index contributed by atoms with van der Waals surface area (Å²) in [7, 11) is 0. The fourth-order valence-electron chi connectivity index (χ4n) is 2.00. The van der Waals surface area contributed by atoms with Gasteiger partial charge in [0, 0.05) is 0 Å². The van der Waals surface area contributed by atoms with Gasteiger partial charge in [-0.2, -0.15) is 0 Å². The molecule has 72 valence electrons. The summed E-state index contributed by atoms with van der Waals surface area (Å²) in [5, 5.41) is 17.8. The zero-order chi connectivity index (χ0) is 8.81. The van der Waals surface area contributed by atoms with Gasteiger partial charge in [-0.15, -0.1) is 0 Å². The average molecular weight is 172 g/mol. The van der Waals surface area contributed by atoms with Crippen LogP contribution in [0.3, 0.4) is 0 Å². The third-order valence-corrected chi connectivity index (χ3v) is 2.84. The van der Waals surface area contributed by atoms with Crippen molar-refractivity contribution in [1.29, 1.82) is 0 Å². The van der Waals surface area contributed by atoms with Crippen LogP contribution >= 0.6 is 0 Å². The first-order valence-electron chi connectivity index (χ1n) is 5.12. The Balaban J connectivity index is 2.05. The fraction of sp³-hybridized carbons (Fsp3) is 1.00. The molecule has 1 rings (SSSR count). The van der Waals surface area contributed by atoms with Crippen LogP contribution in [0.25, 0.3) is 0 Å². The molecule has 2 heteroatoms. The topological polar surface area (TPSA) is 40.5 Å². The van der Waals surface area contributed by atoms with Crippen LogP contribution in [-0.4, -0.2) is 22.9 Å². The summed E-state index contributed by atoms with van der Waals surface area (Å²) in [6.07, 6.45) is 8.17. The van der Waals surface area contributed by atoms with Crippen molar-refractivity contribution in [2.24, 2.45) is 5.92 Å². The molecule has 0 aromatic rings. The van der Waals surface area contributed by atoms with Gasteiger partial charge in [-0.3, -0.25) is 0 Å². The predicted molar refractivity (Wildman–Crippen MR) is 48.9 cm³/mol. The molecule has 0 heterocycles. The van der Waals surface area contributed by atoms with Crippen LogP contribution in [0.5, 0.6) is 0 Å². The van der Waals surface area contributed by atoms with Gasteiger partial charge in [0.25, 0.3) is 0 Å². The van der Waals surface area contributed by atoms with Crippen LogP contribution in [-0.2, 0) is 0 Å². The molecule has 2 nitrogen and oxygen atoms in total. The molecule has 0 aromatic heterocycles. The molecule has 0 radical (unpaired) electrons. The molecule has 0 aromatic carbocycles. The molecule has 1 unspecified atom stereocenters. The van der Waals surface area contributed by atoms with Gasteiger partial charge in [-0.25, -0.2) is 0 Å². The van der Waals surface area contributed by atoms with Gasteiger partial charge in [0.05, 0.1) is 12.7 Å². The molecule has 1 atom stereocenters. The quantitative estimate of drug-likeness (QED) is 0.677. The van der Waals surface area contributed by atoms with Crippen LogP contribution in [0, 0.1) is 5.92 Å². The first kappa shape index (κ1) is 10.0. The van der Waals surface area contributed by atoms with Crippen LogP contribution in [0.2, 0.25) is 0 Å². The van der Waals surface area contributed by atoms with Gasteiger partial charge in [0.2, 0.25) is 0 Å². The van der Waals surface area contributed by atoms with Crippen molar-refractivity contribution in [3.63, 3.8) is 0 Å². The van der Waals surface area contributed by atoms with Crippen LogP contribution in [0.15, 0.2) is 0 Å². The van der Waals surface area contributed by atoms with Crippen molar-refractivity contribution >= 4 is 0 Å². The fourth-order valence-corrected chi connectivity index (χ4v) is 2.00. The molecule has 0 saturated heterocycles. The lowest BCUT2D eigenvalue weighted by atomic mass is 9.85. The minimum Gasteiger partial charge on any atom is -0.394 e. The average Bonchev–Trinajstić information content (AvgIpc) is 2.16. The third-order valence-electron chi connectivity index (χ3n) is 2.84. The molecule has 1 fully saturated rings. The van der Waals surface area contributed by atoms with Gasteiger partial charge >= 0.3 is 0 Å². The summed E-state index contributed by atoms with van der Waals surface area (Å²) in [5.74, 6) is 0.819. The Morgan fingerprint density at radius 2 is 1.83 bits per heavy atom. The van der Waals surface area contributed by atoms with Crippen LogP contribution in [0.1, 0.15) is 44.9 Å². The summed E-state index contributed by atoms with van der Waals surface area (Å²) < 4.78 is 0. The van der Waals surface area contributed by atoms with E-state index in [4.69, 9.17) is 10.2 Å². The summed E-state index contributed by atoms with van der Waals surface area (Å²) in [6, 6.07) is 0. The van der Waals surface area contributed by atoms with Gasteiger partial charge < -0.3 is 10.2 Å². The second kappa shape index (κ2) is 5.55. The van der Waals surface area contributed by atoms with Crippen LogP contribution < -0.4 is 0 Å². The van der Waals surface area contributed by atoms with Gasteiger partial charge in [0.1, 0.15) is 0 Å². The van der Waals surface area contributed by atoms with Crippen molar-refractivity contribution in [2.75, 3.05) is 6.61 Å². The minimum absolute atomic E-state index is 0.0767. The van der Waals surface area contributed by atoms with E-state index in [1.165, 1.54) is 32.1 Å². The Labute approximate surface area is 74.6 Å². The SMILES string of the molecule is OCC(O)CCC1CCCCC1. The van der Waals surface area contributed by atoms with Gasteiger partial charge in [-0.1, -0.05) is 32.1 Å². The third kappa shape index (κ3) is 3.55. The molecule has 1 saturated carbocycles. The maximum Gasteiger partial charge on any atom is 0.0771 e. The molecule has 2 N–H and O–H groups in total. The first-order chi connectivity index (χ1) is 5.83. The molecule has 0 spiro atoms. The van der Waals surface area contributed by atoms with E-state index < -0.39 is 6.10 Å². The Morgan fingerprint density at radius 3 is 2.42 bits per heavy atom. The number of hydrogen-bond donors (Lipinski definition) is 2. The zero-order valence-corrected chi connectivity index (χ0v) is 7.71. The summed E-state index contributed by atoms with van der Waals surface area (Å²) in [6.45, 7) is -0.0767. The predicted octanol–water partition coefficient (Wildman–Crippen LogP) is 1.70. The highest BCUT2D eigenvalue weighted by atomic mass is 16.3. The normalized spacial score (nSPS) is 22.5. The lowest BCUT2D eigenvalue weighted by Crippen LogP contribution is -2.15. The van der Waals surface area contributed by atoms with Crippen molar-refractivity contribution in [2.45, 2.75) is 51.0 Å². The maximum absolute atomic E-state index is 9.14. The Hall–Kier alpha value is -0.0800.